The number of hydrogen-bond donors (Lipinski definition) is 2. The summed E-state index contributed by atoms with van der Waals surface area (Å²) in [5.41, 5.74) is 1.16. The number of nitrogens with one attached hydrogen (secondary N) is 2. The molecule has 0 saturated carbocycles. The minimum atomic E-state index is -0.392. The highest BCUT2D eigenvalue weighted by molar-refractivity contribution is 5.81. The molecule has 0 aromatic heterocycles. The third kappa shape index (κ3) is 3.13. The van der Waals surface area contributed by atoms with Crippen molar-refractivity contribution >= 4 is 5.91 Å². The molecule has 2 aliphatic heterocycles. The van der Waals surface area contributed by atoms with Crippen LogP contribution < -0.4 is 20.1 Å². The summed E-state index contributed by atoms with van der Waals surface area (Å²) in [6.07, 6.45) is 2.40. The van der Waals surface area contributed by atoms with Gasteiger partial charge in [-0.1, -0.05) is 6.92 Å². The first kappa shape index (κ1) is 14.2. The van der Waals surface area contributed by atoms with Crippen LogP contribution in [-0.2, 0) is 4.79 Å². The smallest absolute Gasteiger partial charge is 0.261 e. The van der Waals surface area contributed by atoms with Crippen molar-refractivity contribution in [2.24, 2.45) is 0 Å². The van der Waals surface area contributed by atoms with Gasteiger partial charge in [-0.05, 0) is 37.9 Å². The van der Waals surface area contributed by atoms with E-state index >= 15 is 0 Å². The van der Waals surface area contributed by atoms with Gasteiger partial charge in [-0.3, -0.25) is 4.79 Å². The summed E-state index contributed by atoms with van der Waals surface area (Å²) in [7, 11) is 0. The molecule has 1 amide bonds. The van der Waals surface area contributed by atoms with E-state index < -0.39 is 6.10 Å². The SMILES string of the molecule is CCNC1COc2cc(OC3CCCCNC3=O)ccc21. The van der Waals surface area contributed by atoms with E-state index in [9.17, 15) is 4.79 Å². The van der Waals surface area contributed by atoms with Gasteiger partial charge in [-0.25, -0.2) is 0 Å². The third-order valence-corrected chi connectivity index (χ3v) is 3.98. The minimum Gasteiger partial charge on any atom is -0.491 e. The molecule has 0 spiro atoms. The molecule has 2 N–H and O–H groups in total. The number of rotatable bonds is 4. The highest BCUT2D eigenvalue weighted by Gasteiger charge is 2.26. The summed E-state index contributed by atoms with van der Waals surface area (Å²) in [4.78, 5) is 11.9. The molecule has 2 aliphatic rings. The first-order chi connectivity index (χ1) is 10.3. The number of carbonyl (C=O) groups is 1. The van der Waals surface area contributed by atoms with Crippen molar-refractivity contribution in [1.29, 1.82) is 0 Å². The van der Waals surface area contributed by atoms with Crippen LogP contribution in [0.3, 0.4) is 0 Å². The predicted octanol–water partition coefficient (Wildman–Crippen LogP) is 1.78. The lowest BCUT2D eigenvalue weighted by Gasteiger charge is -2.16. The van der Waals surface area contributed by atoms with E-state index in [2.05, 4.69) is 17.6 Å². The van der Waals surface area contributed by atoms with Crippen LogP contribution in [-0.4, -0.2) is 31.7 Å². The maximum absolute atomic E-state index is 11.9. The molecule has 2 atom stereocenters. The molecule has 1 fully saturated rings. The number of fused-ring (bicyclic) bond motifs is 1. The molecule has 0 bridgehead atoms. The van der Waals surface area contributed by atoms with Gasteiger partial charge in [0.1, 0.15) is 18.1 Å². The fraction of sp³-hybridized carbons (Fsp3) is 0.562. The Kier molecular flexibility index (Phi) is 4.29. The van der Waals surface area contributed by atoms with Crippen LogP contribution in [0.4, 0.5) is 0 Å². The third-order valence-electron chi connectivity index (χ3n) is 3.98. The van der Waals surface area contributed by atoms with Crippen LogP contribution in [0, 0.1) is 0 Å². The fourth-order valence-corrected chi connectivity index (χ4v) is 2.87. The van der Waals surface area contributed by atoms with Gasteiger partial charge < -0.3 is 20.1 Å². The van der Waals surface area contributed by atoms with Crippen molar-refractivity contribution < 1.29 is 14.3 Å². The minimum absolute atomic E-state index is 0.0144. The molecule has 0 aliphatic carbocycles. The van der Waals surface area contributed by atoms with Crippen LogP contribution in [0.25, 0.3) is 0 Å². The number of carbonyl (C=O) groups excluding carboxylic acids is 1. The zero-order chi connectivity index (χ0) is 14.7. The fourth-order valence-electron chi connectivity index (χ4n) is 2.87. The lowest BCUT2D eigenvalue weighted by Crippen LogP contribution is -2.36. The van der Waals surface area contributed by atoms with Gasteiger partial charge in [0, 0.05) is 18.2 Å². The van der Waals surface area contributed by atoms with Crippen molar-refractivity contribution in [1.82, 2.24) is 10.6 Å². The van der Waals surface area contributed by atoms with E-state index in [0.717, 1.165) is 43.7 Å². The molecule has 3 rings (SSSR count). The Balaban J connectivity index is 1.71. The van der Waals surface area contributed by atoms with Crippen molar-refractivity contribution in [2.45, 2.75) is 38.3 Å². The first-order valence-electron chi connectivity index (χ1n) is 7.72. The summed E-state index contributed by atoms with van der Waals surface area (Å²) in [5, 5.41) is 6.27. The molecule has 1 saturated heterocycles. The molecule has 5 nitrogen and oxygen atoms in total. The largest absolute Gasteiger partial charge is 0.491 e. The van der Waals surface area contributed by atoms with Crippen molar-refractivity contribution in [2.75, 3.05) is 19.7 Å². The van der Waals surface area contributed by atoms with Gasteiger partial charge in [0.05, 0.1) is 6.04 Å². The predicted molar refractivity (Wildman–Crippen MR) is 79.6 cm³/mol. The molecule has 21 heavy (non-hydrogen) atoms. The standard InChI is InChI=1S/C16H22N2O3/c1-2-17-13-10-20-15-9-11(6-7-12(13)15)21-14-5-3-4-8-18-16(14)19/h6-7,9,13-14,17H,2-5,8,10H2,1H3,(H,18,19). The second kappa shape index (κ2) is 6.35. The summed E-state index contributed by atoms with van der Waals surface area (Å²) in [6, 6.07) is 6.10. The quantitative estimate of drug-likeness (QED) is 0.887. The van der Waals surface area contributed by atoms with E-state index in [4.69, 9.17) is 9.47 Å². The average molecular weight is 290 g/mol. The summed E-state index contributed by atoms with van der Waals surface area (Å²) in [6.45, 7) is 4.39. The zero-order valence-corrected chi connectivity index (χ0v) is 12.4. The van der Waals surface area contributed by atoms with Crippen LogP contribution in [0.1, 0.15) is 37.8 Å². The Bertz CT molecular complexity index is 518. The monoisotopic (exact) mass is 290 g/mol. The van der Waals surface area contributed by atoms with Crippen molar-refractivity contribution in [3.8, 4) is 11.5 Å². The second-order valence-corrected chi connectivity index (χ2v) is 5.51. The number of amides is 1. The summed E-state index contributed by atoms with van der Waals surface area (Å²) >= 11 is 0. The van der Waals surface area contributed by atoms with Gasteiger partial charge in [0.2, 0.25) is 0 Å². The number of ether oxygens (including phenoxy) is 2. The van der Waals surface area contributed by atoms with Gasteiger partial charge in [0.15, 0.2) is 6.10 Å². The number of hydrogen-bond acceptors (Lipinski definition) is 4. The maximum atomic E-state index is 11.9. The van der Waals surface area contributed by atoms with Crippen LogP contribution >= 0.6 is 0 Å². The number of likely N-dealkylation sites (N-methyl/N-ethyl adjacent to an activating group) is 1. The van der Waals surface area contributed by atoms with Gasteiger partial charge in [0.25, 0.3) is 5.91 Å². The molecule has 2 unspecified atom stereocenters. The van der Waals surface area contributed by atoms with Gasteiger partial charge in [-0.2, -0.15) is 0 Å². The Morgan fingerprint density at radius 1 is 1.43 bits per heavy atom. The van der Waals surface area contributed by atoms with Crippen LogP contribution in [0.5, 0.6) is 11.5 Å². The van der Waals surface area contributed by atoms with Crippen LogP contribution in [0.2, 0.25) is 0 Å². The lowest BCUT2D eigenvalue weighted by molar-refractivity contribution is -0.127. The molecular weight excluding hydrogens is 268 g/mol. The highest BCUT2D eigenvalue weighted by Crippen LogP contribution is 2.35. The zero-order valence-electron chi connectivity index (χ0n) is 12.4. The average Bonchev–Trinajstić information content (AvgIpc) is 2.77. The molecule has 114 valence electrons. The molecule has 1 aromatic carbocycles. The molecule has 5 heteroatoms. The second-order valence-electron chi connectivity index (χ2n) is 5.51. The Labute approximate surface area is 125 Å². The molecule has 1 aromatic rings. The summed E-state index contributed by atoms with van der Waals surface area (Å²) < 4.78 is 11.6. The molecule has 2 heterocycles. The van der Waals surface area contributed by atoms with Crippen molar-refractivity contribution in [3.63, 3.8) is 0 Å². The van der Waals surface area contributed by atoms with Gasteiger partial charge in [-0.15, -0.1) is 0 Å². The molecular formula is C16H22N2O3. The van der Waals surface area contributed by atoms with Gasteiger partial charge >= 0.3 is 0 Å². The molecule has 0 radical (unpaired) electrons. The van der Waals surface area contributed by atoms with E-state index in [1.54, 1.807) is 0 Å². The summed E-state index contributed by atoms with van der Waals surface area (Å²) in [5.74, 6) is 1.54. The van der Waals surface area contributed by atoms with Crippen molar-refractivity contribution in [3.05, 3.63) is 23.8 Å². The number of benzene rings is 1. The normalized spacial score (nSPS) is 24.7. The van der Waals surface area contributed by atoms with E-state index in [1.165, 1.54) is 0 Å². The first-order valence-corrected chi connectivity index (χ1v) is 7.72. The topological polar surface area (TPSA) is 59.6 Å². The lowest BCUT2D eigenvalue weighted by atomic mass is 10.1. The van der Waals surface area contributed by atoms with E-state index in [0.29, 0.717) is 12.4 Å². The maximum Gasteiger partial charge on any atom is 0.261 e. The Morgan fingerprint density at radius 3 is 3.19 bits per heavy atom. The Morgan fingerprint density at radius 2 is 2.33 bits per heavy atom. The van der Waals surface area contributed by atoms with Crippen LogP contribution in [0.15, 0.2) is 18.2 Å². The van der Waals surface area contributed by atoms with E-state index in [1.807, 2.05) is 18.2 Å². The highest BCUT2D eigenvalue weighted by atomic mass is 16.5. The Hall–Kier alpha value is -1.75. The van der Waals surface area contributed by atoms with E-state index in [-0.39, 0.29) is 11.9 Å².